The SMILES string of the molecule is COc1ccc(S(=O)(=O)N(CC(=O)N(Cc2ccc(Cl)cc2)[C@@H](C)C(=O)NC(C)C)c2ccc(F)cc2)cc1OC. The van der Waals surface area contributed by atoms with Crippen LogP contribution in [0.15, 0.2) is 71.6 Å². The molecule has 220 valence electrons. The number of carbonyl (C=O) groups excluding carboxylic acids is 2. The lowest BCUT2D eigenvalue weighted by atomic mass is 10.1. The molecule has 3 aromatic carbocycles. The number of amides is 2. The van der Waals surface area contributed by atoms with E-state index in [1.165, 1.54) is 49.5 Å². The van der Waals surface area contributed by atoms with Crippen molar-refractivity contribution < 1.29 is 31.9 Å². The molecule has 0 radical (unpaired) electrons. The number of rotatable bonds is 12. The third-order valence-corrected chi connectivity index (χ3v) is 8.22. The second-order valence-corrected chi connectivity index (χ2v) is 11.8. The van der Waals surface area contributed by atoms with Crippen LogP contribution in [0.1, 0.15) is 26.3 Å². The number of benzene rings is 3. The number of sulfonamides is 1. The van der Waals surface area contributed by atoms with E-state index in [0.29, 0.717) is 16.3 Å². The van der Waals surface area contributed by atoms with E-state index in [9.17, 15) is 22.4 Å². The first-order valence-corrected chi connectivity index (χ1v) is 14.5. The highest BCUT2D eigenvalue weighted by atomic mass is 35.5. The zero-order valence-electron chi connectivity index (χ0n) is 23.4. The Kier molecular flexibility index (Phi) is 10.6. The van der Waals surface area contributed by atoms with Gasteiger partial charge in [-0.05, 0) is 74.9 Å². The van der Waals surface area contributed by atoms with Gasteiger partial charge in [0, 0.05) is 23.7 Å². The van der Waals surface area contributed by atoms with Crippen LogP contribution in [0.4, 0.5) is 10.1 Å². The summed E-state index contributed by atoms with van der Waals surface area (Å²) in [5.74, 6) is -1.15. The lowest BCUT2D eigenvalue weighted by Crippen LogP contribution is -2.52. The predicted molar refractivity (Wildman–Crippen MR) is 155 cm³/mol. The van der Waals surface area contributed by atoms with Crippen LogP contribution in [0.2, 0.25) is 5.02 Å². The van der Waals surface area contributed by atoms with Gasteiger partial charge in [-0.25, -0.2) is 12.8 Å². The Hall–Kier alpha value is -3.83. The average Bonchev–Trinajstić information content (AvgIpc) is 2.94. The van der Waals surface area contributed by atoms with Gasteiger partial charge in [0.15, 0.2) is 11.5 Å². The van der Waals surface area contributed by atoms with Crippen molar-refractivity contribution in [2.45, 2.75) is 44.3 Å². The largest absolute Gasteiger partial charge is 0.493 e. The van der Waals surface area contributed by atoms with Gasteiger partial charge in [-0.2, -0.15) is 0 Å². The number of carbonyl (C=O) groups is 2. The molecule has 3 aromatic rings. The minimum atomic E-state index is -4.39. The fraction of sp³-hybridized carbons (Fsp3) is 0.310. The zero-order chi connectivity index (χ0) is 30.3. The van der Waals surface area contributed by atoms with Crippen molar-refractivity contribution in [3.63, 3.8) is 0 Å². The molecule has 1 atom stereocenters. The highest BCUT2D eigenvalue weighted by Gasteiger charge is 2.33. The number of hydrogen-bond donors (Lipinski definition) is 1. The lowest BCUT2D eigenvalue weighted by Gasteiger charge is -2.32. The summed E-state index contributed by atoms with van der Waals surface area (Å²) in [6.45, 7) is 4.49. The summed E-state index contributed by atoms with van der Waals surface area (Å²) in [5, 5.41) is 3.29. The molecular formula is C29H33ClFN3O6S. The maximum absolute atomic E-state index is 14.0. The van der Waals surface area contributed by atoms with Gasteiger partial charge >= 0.3 is 0 Å². The summed E-state index contributed by atoms with van der Waals surface area (Å²) in [5.41, 5.74) is 0.739. The van der Waals surface area contributed by atoms with Crippen molar-refractivity contribution in [3.05, 3.63) is 83.1 Å². The molecule has 0 aliphatic carbocycles. The standard InChI is InChI=1S/C29H33ClFN3O6S/c1-19(2)32-29(36)20(3)33(17-21-6-8-22(30)9-7-21)28(35)18-34(24-12-10-23(31)11-13-24)41(37,38)25-14-15-26(39-4)27(16-25)40-5/h6-16,19-20H,17-18H2,1-5H3,(H,32,36)/t20-/m0/s1. The molecule has 0 aromatic heterocycles. The third-order valence-electron chi connectivity index (χ3n) is 6.20. The summed E-state index contributed by atoms with van der Waals surface area (Å²) in [4.78, 5) is 28.0. The van der Waals surface area contributed by atoms with Crippen LogP contribution in [-0.2, 0) is 26.2 Å². The summed E-state index contributed by atoms with van der Waals surface area (Å²) in [6.07, 6.45) is 0. The van der Waals surface area contributed by atoms with Crippen molar-refractivity contribution in [2.75, 3.05) is 25.1 Å². The van der Waals surface area contributed by atoms with Crippen molar-refractivity contribution in [2.24, 2.45) is 0 Å². The van der Waals surface area contributed by atoms with E-state index in [-0.39, 0.29) is 28.9 Å². The average molecular weight is 606 g/mol. The molecule has 2 amide bonds. The number of hydrogen-bond acceptors (Lipinski definition) is 6. The quantitative estimate of drug-likeness (QED) is 0.323. The lowest BCUT2D eigenvalue weighted by molar-refractivity contribution is -0.139. The summed E-state index contributed by atoms with van der Waals surface area (Å²) < 4.78 is 53.1. The number of methoxy groups -OCH3 is 2. The van der Waals surface area contributed by atoms with E-state index >= 15 is 0 Å². The molecule has 0 fully saturated rings. The van der Waals surface area contributed by atoms with Crippen molar-refractivity contribution in [1.82, 2.24) is 10.2 Å². The van der Waals surface area contributed by atoms with E-state index in [1.807, 2.05) is 0 Å². The summed E-state index contributed by atoms with van der Waals surface area (Å²) in [7, 11) is -1.60. The summed E-state index contributed by atoms with van der Waals surface area (Å²) >= 11 is 6.02. The Morgan fingerprint density at radius 3 is 2.10 bits per heavy atom. The maximum atomic E-state index is 14.0. The molecule has 9 nitrogen and oxygen atoms in total. The Labute approximate surface area is 244 Å². The summed E-state index contributed by atoms with van der Waals surface area (Å²) in [6, 6.07) is 14.4. The van der Waals surface area contributed by atoms with E-state index in [4.69, 9.17) is 21.1 Å². The molecule has 12 heteroatoms. The molecule has 0 heterocycles. The Morgan fingerprint density at radius 2 is 1.54 bits per heavy atom. The predicted octanol–water partition coefficient (Wildman–Crippen LogP) is 4.63. The van der Waals surface area contributed by atoms with Crippen LogP contribution in [0.3, 0.4) is 0 Å². The van der Waals surface area contributed by atoms with E-state index < -0.39 is 40.2 Å². The van der Waals surface area contributed by atoms with Crippen LogP contribution in [0, 0.1) is 5.82 Å². The highest BCUT2D eigenvalue weighted by Crippen LogP contribution is 2.32. The van der Waals surface area contributed by atoms with Gasteiger partial charge in [0.25, 0.3) is 10.0 Å². The van der Waals surface area contributed by atoms with Gasteiger partial charge in [-0.3, -0.25) is 13.9 Å². The molecule has 0 aliphatic rings. The normalized spacial score (nSPS) is 12.0. The monoisotopic (exact) mass is 605 g/mol. The van der Waals surface area contributed by atoms with E-state index in [2.05, 4.69) is 5.32 Å². The number of nitrogens with zero attached hydrogens (tertiary/aromatic N) is 2. The first-order chi connectivity index (χ1) is 19.4. The van der Waals surface area contributed by atoms with Crippen LogP contribution < -0.4 is 19.1 Å². The number of anilines is 1. The minimum Gasteiger partial charge on any atom is -0.493 e. The van der Waals surface area contributed by atoms with Gasteiger partial charge in [-0.1, -0.05) is 23.7 Å². The van der Waals surface area contributed by atoms with Crippen LogP contribution >= 0.6 is 11.6 Å². The molecule has 0 bridgehead atoms. The molecule has 0 aliphatic heterocycles. The Balaban J connectivity index is 2.06. The fourth-order valence-corrected chi connectivity index (χ4v) is 5.57. The smallest absolute Gasteiger partial charge is 0.264 e. The molecule has 0 saturated carbocycles. The number of nitrogens with one attached hydrogen (secondary N) is 1. The molecule has 1 N–H and O–H groups in total. The zero-order valence-corrected chi connectivity index (χ0v) is 25.0. The van der Waals surface area contributed by atoms with Crippen LogP contribution in [0.5, 0.6) is 11.5 Å². The molecule has 41 heavy (non-hydrogen) atoms. The first-order valence-electron chi connectivity index (χ1n) is 12.7. The molecule has 0 spiro atoms. The first kappa shape index (κ1) is 31.7. The van der Waals surface area contributed by atoms with Gasteiger partial charge in [-0.15, -0.1) is 0 Å². The topological polar surface area (TPSA) is 105 Å². The highest BCUT2D eigenvalue weighted by molar-refractivity contribution is 7.92. The van der Waals surface area contributed by atoms with E-state index in [1.54, 1.807) is 45.0 Å². The Bertz CT molecular complexity index is 1470. The number of halogens is 2. The Morgan fingerprint density at radius 1 is 0.927 bits per heavy atom. The fourth-order valence-electron chi connectivity index (χ4n) is 4.01. The second kappa shape index (κ2) is 13.7. The number of ether oxygens (including phenoxy) is 2. The van der Waals surface area contributed by atoms with Gasteiger partial charge in [0.1, 0.15) is 18.4 Å². The maximum Gasteiger partial charge on any atom is 0.264 e. The van der Waals surface area contributed by atoms with Crippen molar-refractivity contribution in [1.29, 1.82) is 0 Å². The molecule has 3 rings (SSSR count). The van der Waals surface area contributed by atoms with Gasteiger partial charge < -0.3 is 19.7 Å². The van der Waals surface area contributed by atoms with Crippen LogP contribution in [-0.4, -0.2) is 58.0 Å². The molecule has 0 unspecified atom stereocenters. The van der Waals surface area contributed by atoms with Gasteiger partial charge in [0.2, 0.25) is 11.8 Å². The third kappa shape index (κ3) is 7.89. The van der Waals surface area contributed by atoms with Crippen LogP contribution in [0.25, 0.3) is 0 Å². The van der Waals surface area contributed by atoms with Gasteiger partial charge in [0.05, 0.1) is 24.8 Å². The molecular weight excluding hydrogens is 573 g/mol. The molecule has 0 saturated heterocycles. The second-order valence-electron chi connectivity index (χ2n) is 9.49. The minimum absolute atomic E-state index is 0.0103. The van der Waals surface area contributed by atoms with Crippen molar-refractivity contribution >= 4 is 39.1 Å². The van der Waals surface area contributed by atoms with Crippen molar-refractivity contribution in [3.8, 4) is 11.5 Å². The van der Waals surface area contributed by atoms with E-state index in [0.717, 1.165) is 16.4 Å².